The summed E-state index contributed by atoms with van der Waals surface area (Å²) in [4.78, 5) is 6.77. The number of ether oxygens (including phenoxy) is 1. The van der Waals surface area contributed by atoms with Gasteiger partial charge in [0.2, 0.25) is 5.89 Å². The van der Waals surface area contributed by atoms with Crippen molar-refractivity contribution in [1.29, 1.82) is 0 Å². The molecule has 0 saturated carbocycles. The van der Waals surface area contributed by atoms with E-state index in [-0.39, 0.29) is 11.5 Å². The third-order valence-corrected chi connectivity index (χ3v) is 4.08. The first-order valence-corrected chi connectivity index (χ1v) is 7.62. The summed E-state index contributed by atoms with van der Waals surface area (Å²) in [5, 5.41) is 0. The van der Waals surface area contributed by atoms with Crippen LogP contribution in [-0.2, 0) is 10.2 Å². The minimum absolute atomic E-state index is 0.0146. The molecule has 1 aliphatic heterocycles. The van der Waals surface area contributed by atoms with Crippen LogP contribution in [0.4, 0.5) is 0 Å². The monoisotopic (exact) mass is 280 g/mol. The summed E-state index contributed by atoms with van der Waals surface area (Å²) in [5.74, 6) is 2.40. The molecule has 0 bridgehead atoms. The SMILES string of the molecule is C[C@H](c1ncc(C(C)(C)C)o1)N(C)C[C@H]1CCCOC1. The summed E-state index contributed by atoms with van der Waals surface area (Å²) in [5.41, 5.74) is 0.0146. The molecule has 0 radical (unpaired) electrons. The summed E-state index contributed by atoms with van der Waals surface area (Å²) in [6.07, 6.45) is 4.30. The molecule has 4 nitrogen and oxygen atoms in total. The van der Waals surface area contributed by atoms with Crippen molar-refractivity contribution in [3.63, 3.8) is 0 Å². The van der Waals surface area contributed by atoms with E-state index in [1.807, 2.05) is 6.20 Å². The summed E-state index contributed by atoms with van der Waals surface area (Å²) >= 11 is 0. The molecule has 1 aromatic heterocycles. The molecule has 20 heavy (non-hydrogen) atoms. The van der Waals surface area contributed by atoms with E-state index < -0.39 is 0 Å². The minimum Gasteiger partial charge on any atom is -0.443 e. The summed E-state index contributed by atoms with van der Waals surface area (Å²) < 4.78 is 11.5. The van der Waals surface area contributed by atoms with Crippen molar-refractivity contribution in [2.75, 3.05) is 26.8 Å². The highest BCUT2D eigenvalue weighted by Crippen LogP contribution is 2.27. The van der Waals surface area contributed by atoms with Gasteiger partial charge in [0.15, 0.2) is 0 Å². The Kier molecular flexibility index (Phi) is 4.86. The van der Waals surface area contributed by atoms with Crippen molar-refractivity contribution in [3.05, 3.63) is 17.8 Å². The fourth-order valence-corrected chi connectivity index (χ4v) is 2.53. The van der Waals surface area contributed by atoms with Crippen LogP contribution in [0.1, 0.15) is 58.2 Å². The van der Waals surface area contributed by atoms with Gasteiger partial charge in [-0.1, -0.05) is 20.8 Å². The lowest BCUT2D eigenvalue weighted by Crippen LogP contribution is -2.32. The van der Waals surface area contributed by atoms with Crippen LogP contribution in [0.5, 0.6) is 0 Å². The van der Waals surface area contributed by atoms with E-state index in [0.717, 1.165) is 31.4 Å². The van der Waals surface area contributed by atoms with Gasteiger partial charge in [-0.15, -0.1) is 0 Å². The van der Waals surface area contributed by atoms with E-state index in [2.05, 4.69) is 44.6 Å². The molecule has 2 rings (SSSR count). The van der Waals surface area contributed by atoms with Gasteiger partial charge in [-0.25, -0.2) is 4.98 Å². The van der Waals surface area contributed by atoms with Gasteiger partial charge < -0.3 is 9.15 Å². The zero-order valence-electron chi connectivity index (χ0n) is 13.5. The maximum Gasteiger partial charge on any atom is 0.211 e. The second-order valence-electron chi connectivity index (χ2n) is 7.01. The summed E-state index contributed by atoms with van der Waals surface area (Å²) in [7, 11) is 2.14. The molecule has 1 aromatic rings. The third-order valence-electron chi connectivity index (χ3n) is 4.08. The molecule has 2 atom stereocenters. The van der Waals surface area contributed by atoms with Crippen molar-refractivity contribution in [1.82, 2.24) is 9.88 Å². The molecule has 0 aromatic carbocycles. The zero-order valence-corrected chi connectivity index (χ0v) is 13.5. The Morgan fingerprint density at radius 1 is 1.45 bits per heavy atom. The average Bonchev–Trinajstić information content (AvgIpc) is 2.88. The van der Waals surface area contributed by atoms with Crippen LogP contribution in [-0.4, -0.2) is 36.7 Å². The van der Waals surface area contributed by atoms with Crippen LogP contribution >= 0.6 is 0 Å². The largest absolute Gasteiger partial charge is 0.443 e. The number of hydrogen-bond donors (Lipinski definition) is 0. The van der Waals surface area contributed by atoms with Crippen molar-refractivity contribution in [2.24, 2.45) is 5.92 Å². The molecule has 1 aliphatic rings. The molecule has 0 N–H and O–H groups in total. The first-order valence-electron chi connectivity index (χ1n) is 7.62. The van der Waals surface area contributed by atoms with Crippen LogP contribution in [0.15, 0.2) is 10.6 Å². The first kappa shape index (κ1) is 15.5. The van der Waals surface area contributed by atoms with Gasteiger partial charge in [0.05, 0.1) is 18.8 Å². The van der Waals surface area contributed by atoms with E-state index in [4.69, 9.17) is 9.15 Å². The van der Waals surface area contributed by atoms with Gasteiger partial charge in [0, 0.05) is 18.6 Å². The summed E-state index contributed by atoms with van der Waals surface area (Å²) in [6.45, 7) is 11.4. The highest BCUT2D eigenvalue weighted by atomic mass is 16.5. The molecular weight excluding hydrogens is 252 g/mol. The molecule has 1 saturated heterocycles. The van der Waals surface area contributed by atoms with E-state index in [1.54, 1.807) is 0 Å². The quantitative estimate of drug-likeness (QED) is 0.847. The third kappa shape index (κ3) is 3.83. The topological polar surface area (TPSA) is 38.5 Å². The zero-order chi connectivity index (χ0) is 14.8. The van der Waals surface area contributed by atoms with Crippen molar-refractivity contribution < 1.29 is 9.15 Å². The lowest BCUT2D eigenvalue weighted by Gasteiger charge is -2.29. The highest BCUT2D eigenvalue weighted by molar-refractivity contribution is 5.07. The smallest absolute Gasteiger partial charge is 0.211 e. The second-order valence-corrected chi connectivity index (χ2v) is 7.01. The molecule has 1 fully saturated rings. The first-order chi connectivity index (χ1) is 9.38. The second kappa shape index (κ2) is 6.27. The Hall–Kier alpha value is -0.870. The van der Waals surface area contributed by atoms with Crippen LogP contribution in [0.3, 0.4) is 0 Å². The number of oxazole rings is 1. The minimum atomic E-state index is 0.0146. The molecule has 114 valence electrons. The van der Waals surface area contributed by atoms with E-state index in [0.29, 0.717) is 5.92 Å². The Morgan fingerprint density at radius 3 is 2.75 bits per heavy atom. The Labute approximate surface area is 122 Å². The highest BCUT2D eigenvalue weighted by Gasteiger charge is 2.25. The van der Waals surface area contributed by atoms with Crippen molar-refractivity contribution >= 4 is 0 Å². The van der Waals surface area contributed by atoms with E-state index >= 15 is 0 Å². The van der Waals surface area contributed by atoms with E-state index in [1.165, 1.54) is 12.8 Å². The van der Waals surface area contributed by atoms with Crippen molar-refractivity contribution in [3.8, 4) is 0 Å². The molecule has 0 amide bonds. The van der Waals surface area contributed by atoms with Gasteiger partial charge in [-0.05, 0) is 32.7 Å². The fraction of sp³-hybridized carbons (Fsp3) is 0.812. The van der Waals surface area contributed by atoms with Gasteiger partial charge >= 0.3 is 0 Å². The lowest BCUT2D eigenvalue weighted by molar-refractivity contribution is 0.0352. The summed E-state index contributed by atoms with van der Waals surface area (Å²) in [6, 6.07) is 0.202. The van der Waals surface area contributed by atoms with Gasteiger partial charge in [-0.2, -0.15) is 0 Å². The van der Waals surface area contributed by atoms with E-state index in [9.17, 15) is 0 Å². The normalized spacial score (nSPS) is 22.2. The van der Waals surface area contributed by atoms with Crippen LogP contribution in [0, 0.1) is 5.92 Å². The standard InChI is InChI=1S/C16H28N2O2/c1-12(15-17-9-14(20-15)16(2,3)4)18(5)10-13-7-6-8-19-11-13/h9,12-13H,6-8,10-11H2,1-5H3/t12-,13-/m1/s1. The lowest BCUT2D eigenvalue weighted by atomic mass is 9.94. The molecule has 0 aliphatic carbocycles. The molecule has 2 heterocycles. The van der Waals surface area contributed by atoms with Gasteiger partial charge in [0.25, 0.3) is 0 Å². The number of nitrogens with zero attached hydrogens (tertiary/aromatic N) is 2. The van der Waals surface area contributed by atoms with Crippen LogP contribution in [0.2, 0.25) is 0 Å². The van der Waals surface area contributed by atoms with Crippen molar-refractivity contribution in [2.45, 2.75) is 52.0 Å². The number of hydrogen-bond acceptors (Lipinski definition) is 4. The maximum absolute atomic E-state index is 5.94. The molecular formula is C16H28N2O2. The fourth-order valence-electron chi connectivity index (χ4n) is 2.53. The number of aromatic nitrogens is 1. The molecule has 0 spiro atoms. The number of rotatable bonds is 4. The Bertz CT molecular complexity index is 416. The van der Waals surface area contributed by atoms with Crippen LogP contribution < -0.4 is 0 Å². The predicted molar refractivity (Wildman–Crippen MR) is 79.8 cm³/mol. The van der Waals surface area contributed by atoms with Gasteiger partial charge in [0.1, 0.15) is 5.76 Å². The Morgan fingerprint density at radius 2 is 2.20 bits per heavy atom. The molecule has 4 heteroatoms. The maximum atomic E-state index is 5.94. The molecule has 0 unspecified atom stereocenters. The average molecular weight is 280 g/mol. The predicted octanol–water partition coefficient (Wildman–Crippen LogP) is 3.39. The Balaban J connectivity index is 1.95. The van der Waals surface area contributed by atoms with Gasteiger partial charge in [-0.3, -0.25) is 4.90 Å². The van der Waals surface area contributed by atoms with Crippen LogP contribution in [0.25, 0.3) is 0 Å².